The molecule has 4 saturated carbocycles. The average molecular weight is 487 g/mol. The van der Waals surface area contributed by atoms with Gasteiger partial charge in [-0.3, -0.25) is 14.4 Å². The zero-order chi connectivity index (χ0) is 25.0. The van der Waals surface area contributed by atoms with Crippen LogP contribution in [0.4, 0.5) is 0 Å². The van der Waals surface area contributed by atoms with Crippen LogP contribution in [-0.4, -0.2) is 46.1 Å². The largest absolute Gasteiger partial charge is 0.458 e. The van der Waals surface area contributed by atoms with E-state index in [0.29, 0.717) is 31.6 Å². The molecule has 0 aromatic heterocycles. The fourth-order valence-electron chi connectivity index (χ4n) is 9.11. The predicted octanol–water partition coefficient (Wildman–Crippen LogP) is 4.30. The van der Waals surface area contributed by atoms with Crippen LogP contribution in [-0.2, 0) is 19.1 Å². The lowest BCUT2D eigenvalue weighted by Crippen LogP contribution is -2.62. The van der Waals surface area contributed by atoms with Crippen molar-refractivity contribution in [1.29, 1.82) is 0 Å². The standard InChI is InChI=1S/C29H42O6/c1-27-13-11-20(30)15-19(27)8-9-21-22-12-14-29(34,28(22,2)16-23(31)26(21)27)24(32)17-35-25(33)10-7-18-5-3-4-6-18/h15,18,21-23,26,31,34H,3-14,16-17H2,1-2H3/t21-,22-,23-,26?,27-,28-,29-/m0/s1. The summed E-state index contributed by atoms with van der Waals surface area (Å²) in [5.74, 6) is 0.360. The molecule has 0 aromatic rings. The summed E-state index contributed by atoms with van der Waals surface area (Å²) in [6.45, 7) is 3.77. The number of hydrogen-bond donors (Lipinski definition) is 2. The van der Waals surface area contributed by atoms with Crippen LogP contribution >= 0.6 is 0 Å². The van der Waals surface area contributed by atoms with Crippen molar-refractivity contribution in [2.75, 3.05) is 6.61 Å². The maximum absolute atomic E-state index is 13.3. The molecular formula is C29H42O6. The van der Waals surface area contributed by atoms with Gasteiger partial charge in [0.15, 0.2) is 12.4 Å². The van der Waals surface area contributed by atoms with E-state index in [9.17, 15) is 24.6 Å². The van der Waals surface area contributed by atoms with Crippen LogP contribution in [0.2, 0.25) is 0 Å². The van der Waals surface area contributed by atoms with Gasteiger partial charge in [-0.05, 0) is 80.1 Å². The number of ether oxygens (including phenoxy) is 1. The van der Waals surface area contributed by atoms with Gasteiger partial charge in [-0.1, -0.05) is 45.1 Å². The lowest BCUT2D eigenvalue weighted by Gasteiger charge is -2.60. The molecule has 0 heterocycles. The summed E-state index contributed by atoms with van der Waals surface area (Å²) in [5, 5.41) is 23.2. The molecule has 0 saturated heterocycles. The summed E-state index contributed by atoms with van der Waals surface area (Å²) in [4.78, 5) is 37.7. The Hall–Kier alpha value is -1.53. The number of allylic oxidation sites excluding steroid dienone is 1. The SMILES string of the molecule is C[C@]12CCC(=O)C=C1CC[C@@H]1C2[C@@H](O)C[C@@]2(C)[C@H]1CC[C@]2(O)C(=O)COC(=O)CCC1CCCC1. The molecule has 0 bridgehead atoms. The number of rotatable bonds is 6. The monoisotopic (exact) mass is 486 g/mol. The van der Waals surface area contributed by atoms with Crippen LogP contribution in [0.15, 0.2) is 11.6 Å². The van der Waals surface area contributed by atoms with Crippen LogP contribution < -0.4 is 0 Å². The normalized spacial score (nSPS) is 43.2. The molecule has 0 radical (unpaired) electrons. The van der Waals surface area contributed by atoms with Gasteiger partial charge in [0.2, 0.25) is 5.78 Å². The third kappa shape index (κ3) is 4.03. The quantitative estimate of drug-likeness (QED) is 0.543. The minimum absolute atomic E-state index is 0.0412. The van der Waals surface area contributed by atoms with E-state index in [2.05, 4.69) is 6.92 Å². The summed E-state index contributed by atoms with van der Waals surface area (Å²) in [5.41, 5.74) is -1.36. The van der Waals surface area contributed by atoms with Crippen molar-refractivity contribution in [3.8, 4) is 0 Å². The third-order valence-corrected chi connectivity index (χ3v) is 11.1. The van der Waals surface area contributed by atoms with Crippen molar-refractivity contribution in [3.05, 3.63) is 11.6 Å². The summed E-state index contributed by atoms with van der Waals surface area (Å²) in [7, 11) is 0. The second-order valence-electron chi connectivity index (χ2n) is 12.7. The molecule has 4 fully saturated rings. The molecule has 5 aliphatic rings. The highest BCUT2D eigenvalue weighted by molar-refractivity contribution is 5.92. The Bertz CT molecular complexity index is 918. The molecule has 2 N–H and O–H groups in total. The molecular weight excluding hydrogens is 444 g/mol. The van der Waals surface area contributed by atoms with E-state index in [1.807, 2.05) is 13.0 Å². The first-order chi connectivity index (χ1) is 16.6. The molecule has 194 valence electrons. The second kappa shape index (κ2) is 9.09. The molecule has 6 nitrogen and oxygen atoms in total. The van der Waals surface area contributed by atoms with Gasteiger partial charge in [0.25, 0.3) is 0 Å². The average Bonchev–Trinajstić information content (AvgIpc) is 3.43. The van der Waals surface area contributed by atoms with Crippen LogP contribution in [0.5, 0.6) is 0 Å². The Labute approximate surface area is 208 Å². The van der Waals surface area contributed by atoms with Gasteiger partial charge in [0, 0.05) is 18.3 Å². The predicted molar refractivity (Wildman–Crippen MR) is 130 cm³/mol. The number of carbonyl (C=O) groups is 3. The number of hydrogen-bond acceptors (Lipinski definition) is 6. The van der Waals surface area contributed by atoms with E-state index in [1.54, 1.807) is 0 Å². The van der Waals surface area contributed by atoms with Gasteiger partial charge in [0.1, 0.15) is 5.60 Å². The first-order valence-electron chi connectivity index (χ1n) is 13.9. The number of ketones is 2. The lowest BCUT2D eigenvalue weighted by atomic mass is 9.45. The van der Waals surface area contributed by atoms with E-state index in [4.69, 9.17) is 4.74 Å². The molecule has 35 heavy (non-hydrogen) atoms. The van der Waals surface area contributed by atoms with Crippen molar-refractivity contribution >= 4 is 17.5 Å². The molecule has 1 unspecified atom stereocenters. The van der Waals surface area contributed by atoms with E-state index in [1.165, 1.54) is 31.3 Å². The summed E-state index contributed by atoms with van der Waals surface area (Å²) in [6, 6.07) is 0. The Morgan fingerprint density at radius 1 is 1.09 bits per heavy atom. The van der Waals surface area contributed by atoms with Crippen molar-refractivity contribution in [2.45, 2.75) is 109 Å². The van der Waals surface area contributed by atoms with E-state index >= 15 is 0 Å². The number of carbonyl (C=O) groups excluding carboxylic acids is 3. The maximum Gasteiger partial charge on any atom is 0.306 e. The number of aliphatic hydroxyl groups is 2. The Morgan fingerprint density at radius 3 is 2.57 bits per heavy atom. The minimum Gasteiger partial charge on any atom is -0.458 e. The number of fused-ring (bicyclic) bond motifs is 5. The van der Waals surface area contributed by atoms with Gasteiger partial charge in [-0.25, -0.2) is 0 Å². The van der Waals surface area contributed by atoms with Gasteiger partial charge >= 0.3 is 5.97 Å². The molecule has 5 rings (SSSR count). The fourth-order valence-corrected chi connectivity index (χ4v) is 9.11. The Balaban J connectivity index is 1.28. The highest BCUT2D eigenvalue weighted by atomic mass is 16.5. The van der Waals surface area contributed by atoms with E-state index in [-0.39, 0.29) is 41.5 Å². The minimum atomic E-state index is -1.59. The molecule has 0 spiro atoms. The van der Waals surface area contributed by atoms with Gasteiger partial charge in [-0.2, -0.15) is 0 Å². The highest BCUT2D eigenvalue weighted by Gasteiger charge is 2.68. The molecule has 0 amide bonds. The van der Waals surface area contributed by atoms with Crippen molar-refractivity contribution < 1.29 is 29.3 Å². The summed E-state index contributed by atoms with van der Waals surface area (Å²) < 4.78 is 5.35. The molecule has 0 aliphatic heterocycles. The molecule has 0 aromatic carbocycles. The second-order valence-corrected chi connectivity index (χ2v) is 12.7. The van der Waals surface area contributed by atoms with Crippen molar-refractivity contribution in [3.63, 3.8) is 0 Å². The van der Waals surface area contributed by atoms with Crippen LogP contribution in [0.1, 0.15) is 97.3 Å². The zero-order valence-corrected chi connectivity index (χ0v) is 21.4. The van der Waals surface area contributed by atoms with Crippen molar-refractivity contribution in [2.24, 2.45) is 34.5 Å². The Kier molecular flexibility index (Phi) is 6.53. The van der Waals surface area contributed by atoms with E-state index < -0.39 is 22.9 Å². The Morgan fingerprint density at radius 2 is 1.83 bits per heavy atom. The van der Waals surface area contributed by atoms with Crippen LogP contribution in [0.25, 0.3) is 0 Å². The number of esters is 1. The van der Waals surface area contributed by atoms with Gasteiger partial charge in [-0.15, -0.1) is 0 Å². The first-order valence-corrected chi connectivity index (χ1v) is 13.9. The molecule has 7 atom stereocenters. The van der Waals surface area contributed by atoms with Crippen LogP contribution in [0, 0.1) is 34.5 Å². The highest BCUT2D eigenvalue weighted by Crippen LogP contribution is 2.67. The zero-order valence-electron chi connectivity index (χ0n) is 21.4. The fraction of sp³-hybridized carbons (Fsp3) is 0.828. The number of Topliss-reactive ketones (excluding diaryl/α,β-unsaturated/α-hetero) is 1. The summed E-state index contributed by atoms with van der Waals surface area (Å²) >= 11 is 0. The lowest BCUT2D eigenvalue weighted by molar-refractivity contribution is -0.184. The van der Waals surface area contributed by atoms with Crippen LogP contribution in [0.3, 0.4) is 0 Å². The third-order valence-electron chi connectivity index (χ3n) is 11.1. The van der Waals surface area contributed by atoms with E-state index in [0.717, 1.165) is 32.1 Å². The smallest absolute Gasteiger partial charge is 0.306 e. The first kappa shape index (κ1) is 25.1. The maximum atomic E-state index is 13.3. The summed E-state index contributed by atoms with van der Waals surface area (Å²) in [6.07, 6.45) is 11.5. The molecule has 6 heteroatoms. The van der Waals surface area contributed by atoms with Gasteiger partial charge in [0.05, 0.1) is 6.10 Å². The topological polar surface area (TPSA) is 101 Å². The van der Waals surface area contributed by atoms with Gasteiger partial charge < -0.3 is 14.9 Å². The van der Waals surface area contributed by atoms with Crippen molar-refractivity contribution in [1.82, 2.24) is 0 Å². The number of aliphatic hydroxyl groups excluding tert-OH is 1. The molecule has 5 aliphatic carbocycles.